The number of hydrogen-bond acceptors (Lipinski definition) is 7. The van der Waals surface area contributed by atoms with Crippen LogP contribution in [-0.2, 0) is 4.74 Å². The summed E-state index contributed by atoms with van der Waals surface area (Å²) in [5.74, 6) is 0.622. The molecule has 1 aromatic heterocycles. The van der Waals surface area contributed by atoms with Gasteiger partial charge in [0.15, 0.2) is 0 Å². The van der Waals surface area contributed by atoms with Crippen molar-refractivity contribution in [1.82, 2.24) is 14.9 Å². The van der Waals surface area contributed by atoms with Gasteiger partial charge in [-0.3, -0.25) is 4.79 Å². The summed E-state index contributed by atoms with van der Waals surface area (Å²) in [6.45, 7) is 6.81. The van der Waals surface area contributed by atoms with Gasteiger partial charge in [0.1, 0.15) is 11.7 Å². The van der Waals surface area contributed by atoms with E-state index >= 15 is 0 Å². The molecule has 2 N–H and O–H groups in total. The predicted octanol–water partition coefficient (Wildman–Crippen LogP) is 1.28. The molecule has 4 heterocycles. The Kier molecular flexibility index (Phi) is 5.52. The van der Waals surface area contributed by atoms with Crippen molar-refractivity contribution in [2.75, 3.05) is 37.7 Å². The molecule has 1 spiro atoms. The number of piperidine rings is 2. The van der Waals surface area contributed by atoms with Gasteiger partial charge in [0.05, 0.1) is 23.5 Å². The van der Waals surface area contributed by atoms with Crippen LogP contribution in [0, 0.1) is 6.92 Å². The Labute approximate surface area is 171 Å². The van der Waals surface area contributed by atoms with E-state index in [2.05, 4.69) is 14.9 Å². The SMILES string of the molecule is Cc1nc(N2CCCCC2)ncc1C(=O)N1CCC2(CC1)OCC[C@@](C)(O)[C@@H]2O. The lowest BCUT2D eigenvalue weighted by atomic mass is 9.75. The molecule has 0 unspecified atom stereocenters. The second kappa shape index (κ2) is 7.81. The summed E-state index contributed by atoms with van der Waals surface area (Å²) in [7, 11) is 0. The minimum Gasteiger partial charge on any atom is -0.387 e. The number of aromatic nitrogens is 2. The highest BCUT2D eigenvalue weighted by Crippen LogP contribution is 2.40. The summed E-state index contributed by atoms with van der Waals surface area (Å²) in [5, 5.41) is 21.1. The fourth-order valence-electron chi connectivity index (χ4n) is 4.83. The molecule has 0 radical (unpaired) electrons. The van der Waals surface area contributed by atoms with Crippen molar-refractivity contribution in [1.29, 1.82) is 0 Å². The minimum absolute atomic E-state index is 0.0837. The van der Waals surface area contributed by atoms with E-state index in [0.717, 1.165) is 25.9 Å². The number of nitrogens with zero attached hydrogens (tertiary/aromatic N) is 4. The molecule has 29 heavy (non-hydrogen) atoms. The molecular weight excluding hydrogens is 372 g/mol. The first-order chi connectivity index (χ1) is 13.8. The van der Waals surface area contributed by atoms with Crippen LogP contribution in [0.1, 0.15) is 61.5 Å². The molecule has 0 aromatic carbocycles. The van der Waals surface area contributed by atoms with Crippen LogP contribution in [0.3, 0.4) is 0 Å². The van der Waals surface area contributed by atoms with Gasteiger partial charge in [-0.15, -0.1) is 0 Å². The number of anilines is 1. The molecular formula is C21H32N4O4. The van der Waals surface area contributed by atoms with Gasteiger partial charge in [0, 0.05) is 38.8 Å². The van der Waals surface area contributed by atoms with Gasteiger partial charge in [-0.2, -0.15) is 0 Å². The van der Waals surface area contributed by atoms with Crippen LogP contribution in [0.5, 0.6) is 0 Å². The van der Waals surface area contributed by atoms with Crippen LogP contribution in [0.4, 0.5) is 5.95 Å². The van der Waals surface area contributed by atoms with Crippen LogP contribution >= 0.6 is 0 Å². The first-order valence-electron chi connectivity index (χ1n) is 10.7. The molecule has 8 nitrogen and oxygen atoms in total. The van der Waals surface area contributed by atoms with E-state index in [0.29, 0.717) is 56.2 Å². The maximum absolute atomic E-state index is 13.1. The van der Waals surface area contributed by atoms with E-state index in [1.807, 2.05) is 6.92 Å². The Balaban J connectivity index is 1.43. The van der Waals surface area contributed by atoms with Crippen molar-refractivity contribution in [3.05, 3.63) is 17.5 Å². The average Bonchev–Trinajstić information content (AvgIpc) is 2.73. The standard InChI is InChI=1S/C21H32N4O4/c1-15-16(14-22-19(23-15)25-9-4-3-5-10-25)17(26)24-11-6-21(7-12-24)18(27)20(2,28)8-13-29-21/h14,18,27-28H,3-13H2,1-2H3/t18-,20+/m0/s1. The summed E-state index contributed by atoms with van der Waals surface area (Å²) in [6, 6.07) is 0. The van der Waals surface area contributed by atoms with Crippen molar-refractivity contribution in [3.63, 3.8) is 0 Å². The lowest BCUT2D eigenvalue weighted by molar-refractivity contribution is -0.244. The van der Waals surface area contributed by atoms with Gasteiger partial charge in [-0.1, -0.05) is 0 Å². The molecule has 1 aromatic rings. The van der Waals surface area contributed by atoms with Crippen molar-refractivity contribution < 1.29 is 19.7 Å². The van der Waals surface area contributed by atoms with Crippen molar-refractivity contribution >= 4 is 11.9 Å². The first-order valence-corrected chi connectivity index (χ1v) is 10.7. The van der Waals surface area contributed by atoms with Gasteiger partial charge in [-0.25, -0.2) is 9.97 Å². The Morgan fingerprint density at radius 2 is 1.86 bits per heavy atom. The summed E-state index contributed by atoms with van der Waals surface area (Å²) in [6.07, 6.45) is 5.67. The molecule has 3 fully saturated rings. The Morgan fingerprint density at radius 3 is 2.52 bits per heavy atom. The summed E-state index contributed by atoms with van der Waals surface area (Å²) in [5.41, 5.74) is -0.706. The van der Waals surface area contributed by atoms with E-state index in [-0.39, 0.29) is 5.91 Å². The van der Waals surface area contributed by atoms with E-state index in [4.69, 9.17) is 4.74 Å². The van der Waals surface area contributed by atoms with Crippen LogP contribution in [0.2, 0.25) is 0 Å². The third kappa shape index (κ3) is 3.85. The maximum atomic E-state index is 13.1. The zero-order valence-electron chi connectivity index (χ0n) is 17.4. The van der Waals surface area contributed by atoms with E-state index in [1.165, 1.54) is 6.42 Å². The fraction of sp³-hybridized carbons (Fsp3) is 0.762. The van der Waals surface area contributed by atoms with E-state index in [1.54, 1.807) is 18.0 Å². The van der Waals surface area contributed by atoms with Crippen LogP contribution in [-0.4, -0.2) is 81.1 Å². The number of likely N-dealkylation sites (tertiary alicyclic amines) is 1. The number of amides is 1. The smallest absolute Gasteiger partial charge is 0.257 e. The predicted molar refractivity (Wildman–Crippen MR) is 108 cm³/mol. The van der Waals surface area contributed by atoms with Crippen LogP contribution < -0.4 is 4.90 Å². The molecule has 0 saturated carbocycles. The van der Waals surface area contributed by atoms with Crippen LogP contribution in [0.25, 0.3) is 0 Å². The highest BCUT2D eigenvalue weighted by molar-refractivity contribution is 5.95. The van der Waals surface area contributed by atoms with Gasteiger partial charge in [0.2, 0.25) is 5.95 Å². The lowest BCUT2D eigenvalue weighted by Crippen LogP contribution is -2.64. The zero-order valence-corrected chi connectivity index (χ0v) is 17.4. The second-order valence-electron chi connectivity index (χ2n) is 8.93. The summed E-state index contributed by atoms with van der Waals surface area (Å²) in [4.78, 5) is 26.1. The number of aliphatic hydroxyl groups excluding tert-OH is 1. The summed E-state index contributed by atoms with van der Waals surface area (Å²) >= 11 is 0. The monoisotopic (exact) mass is 404 g/mol. The molecule has 160 valence electrons. The second-order valence-corrected chi connectivity index (χ2v) is 8.93. The molecule has 3 aliphatic heterocycles. The number of rotatable bonds is 2. The third-order valence-electron chi connectivity index (χ3n) is 6.82. The molecule has 1 amide bonds. The third-order valence-corrected chi connectivity index (χ3v) is 6.82. The zero-order chi connectivity index (χ0) is 20.6. The average molecular weight is 405 g/mol. The Bertz CT molecular complexity index is 755. The van der Waals surface area contributed by atoms with E-state index < -0.39 is 17.3 Å². The number of hydrogen-bond donors (Lipinski definition) is 2. The lowest BCUT2D eigenvalue weighted by Gasteiger charge is -2.51. The normalized spacial score (nSPS) is 29.9. The number of aliphatic hydroxyl groups is 2. The van der Waals surface area contributed by atoms with Gasteiger partial charge >= 0.3 is 0 Å². The van der Waals surface area contributed by atoms with Crippen molar-refractivity contribution in [2.45, 2.75) is 69.7 Å². The number of carbonyl (C=O) groups is 1. The Morgan fingerprint density at radius 1 is 1.17 bits per heavy atom. The van der Waals surface area contributed by atoms with Gasteiger partial charge in [0.25, 0.3) is 5.91 Å². The minimum atomic E-state index is -1.15. The van der Waals surface area contributed by atoms with Crippen molar-refractivity contribution in [3.8, 4) is 0 Å². The highest BCUT2D eigenvalue weighted by atomic mass is 16.5. The molecule has 8 heteroatoms. The summed E-state index contributed by atoms with van der Waals surface area (Å²) < 4.78 is 5.92. The molecule has 3 saturated heterocycles. The number of carbonyl (C=O) groups excluding carboxylic acids is 1. The number of ether oxygens (including phenoxy) is 1. The maximum Gasteiger partial charge on any atom is 0.257 e. The number of aryl methyl sites for hydroxylation is 1. The highest BCUT2D eigenvalue weighted by Gasteiger charge is 2.53. The van der Waals surface area contributed by atoms with E-state index in [9.17, 15) is 15.0 Å². The van der Waals surface area contributed by atoms with Crippen molar-refractivity contribution in [2.24, 2.45) is 0 Å². The largest absolute Gasteiger partial charge is 0.387 e. The van der Waals surface area contributed by atoms with Crippen LogP contribution in [0.15, 0.2) is 6.20 Å². The topological polar surface area (TPSA) is 99.0 Å². The molecule has 2 atom stereocenters. The first kappa shape index (κ1) is 20.5. The van der Waals surface area contributed by atoms with Gasteiger partial charge < -0.3 is 24.7 Å². The molecule has 0 bridgehead atoms. The Hall–Kier alpha value is -1.77. The quantitative estimate of drug-likeness (QED) is 0.766. The van der Waals surface area contributed by atoms with Gasteiger partial charge in [-0.05, 0) is 46.0 Å². The fourth-order valence-corrected chi connectivity index (χ4v) is 4.83. The molecule has 4 rings (SSSR count). The molecule has 0 aliphatic carbocycles. The molecule has 3 aliphatic rings.